The minimum atomic E-state index is -1.64. The Labute approximate surface area is 192 Å². The molecule has 0 N–H and O–H groups in total. The predicted octanol–water partition coefficient (Wildman–Crippen LogP) is 3.59. The van der Waals surface area contributed by atoms with Crippen LogP contribution in [0.4, 0.5) is 13.2 Å². The Balaban J connectivity index is 1.75. The number of ether oxygens (including phenoxy) is 2. The molecule has 1 aliphatic carbocycles. The van der Waals surface area contributed by atoms with Crippen LogP contribution in [0.15, 0.2) is 72.0 Å². The summed E-state index contributed by atoms with van der Waals surface area (Å²) in [6.45, 7) is -0.297. The molecule has 1 unspecified atom stereocenters. The van der Waals surface area contributed by atoms with Crippen LogP contribution in [0, 0.1) is 17.5 Å². The zero-order chi connectivity index (χ0) is 24.4. The number of esters is 2. The molecule has 34 heavy (non-hydrogen) atoms. The largest absolute Gasteiger partial charge is 0.468 e. The highest BCUT2D eigenvalue weighted by Gasteiger charge is 2.35. The third-order valence-electron chi connectivity index (χ3n) is 5.36. The molecule has 0 amide bonds. The average Bonchev–Trinajstić information content (AvgIpc) is 2.83. The van der Waals surface area contributed by atoms with Crippen LogP contribution in [0.3, 0.4) is 0 Å². The van der Waals surface area contributed by atoms with Crippen LogP contribution in [0.1, 0.15) is 15.9 Å². The summed E-state index contributed by atoms with van der Waals surface area (Å²) in [6.07, 6.45) is 3.13. The smallest absolute Gasteiger partial charge is 0.339 e. The Kier molecular flexibility index (Phi) is 6.36. The van der Waals surface area contributed by atoms with E-state index in [-0.39, 0.29) is 35.4 Å². The second-order valence-corrected chi connectivity index (χ2v) is 7.59. The molecule has 4 rings (SSSR count). The van der Waals surface area contributed by atoms with Gasteiger partial charge in [-0.3, -0.25) is 9.59 Å². The summed E-state index contributed by atoms with van der Waals surface area (Å²) >= 11 is 0. The van der Waals surface area contributed by atoms with Crippen LogP contribution in [0.25, 0.3) is 5.57 Å². The van der Waals surface area contributed by atoms with E-state index in [4.69, 9.17) is 4.74 Å². The molecule has 1 aliphatic heterocycles. The lowest BCUT2D eigenvalue weighted by Crippen LogP contribution is -2.36. The number of carbonyl (C=O) groups excluding carboxylic acids is 3. The Morgan fingerprint density at radius 1 is 1.09 bits per heavy atom. The maximum absolute atomic E-state index is 14.0. The van der Waals surface area contributed by atoms with E-state index in [1.54, 1.807) is 18.2 Å². The summed E-state index contributed by atoms with van der Waals surface area (Å²) in [4.78, 5) is 39.1. The average molecular weight is 469 g/mol. The van der Waals surface area contributed by atoms with Gasteiger partial charge in [-0.1, -0.05) is 24.3 Å². The van der Waals surface area contributed by atoms with Crippen molar-refractivity contribution in [2.75, 3.05) is 20.2 Å². The molecule has 0 fully saturated rings. The summed E-state index contributed by atoms with van der Waals surface area (Å²) in [5.74, 6) is -6.40. The molecule has 0 saturated heterocycles. The van der Waals surface area contributed by atoms with E-state index in [1.807, 2.05) is 0 Å². The summed E-state index contributed by atoms with van der Waals surface area (Å²) in [6, 6.07) is 9.62. The quantitative estimate of drug-likeness (QED) is 0.492. The van der Waals surface area contributed by atoms with E-state index < -0.39 is 41.3 Å². The van der Waals surface area contributed by atoms with Gasteiger partial charge in [0.2, 0.25) is 5.78 Å². The van der Waals surface area contributed by atoms with Crippen molar-refractivity contribution in [3.05, 3.63) is 101 Å². The number of allylic oxidation sites excluding steroid dienone is 2. The maximum Gasteiger partial charge on any atom is 0.339 e. The van der Waals surface area contributed by atoms with Crippen LogP contribution >= 0.6 is 0 Å². The zero-order valence-corrected chi connectivity index (χ0v) is 17.9. The number of Topliss-reactive ketones (excluding diaryl/α,β-unsaturated/α-hetero) is 1. The Morgan fingerprint density at radius 2 is 1.76 bits per heavy atom. The van der Waals surface area contributed by atoms with Gasteiger partial charge in [-0.05, 0) is 41.5 Å². The third-order valence-corrected chi connectivity index (χ3v) is 5.36. The number of hydrogen-bond acceptors (Lipinski definition) is 6. The van der Waals surface area contributed by atoms with Crippen molar-refractivity contribution in [2.45, 2.75) is 6.10 Å². The first-order valence-corrected chi connectivity index (χ1v) is 10.2. The summed E-state index contributed by atoms with van der Waals surface area (Å²) < 4.78 is 51.6. The molecule has 1 heterocycles. The standard InChI is InChI=1S/C25H18F3NO5/c1-33-21(30)13-29-11-15-7-8-20(34-25(32)14-5-3-2-4-6-14)24(31)22(15)17(12-29)16-9-18(26)23(28)19(27)10-16/h2-11,20H,12-13H2,1H3. The second kappa shape index (κ2) is 9.38. The van der Waals surface area contributed by atoms with Gasteiger partial charge in [-0.2, -0.15) is 0 Å². The van der Waals surface area contributed by atoms with E-state index in [9.17, 15) is 27.6 Å². The van der Waals surface area contributed by atoms with Crippen molar-refractivity contribution in [3.63, 3.8) is 0 Å². The van der Waals surface area contributed by atoms with E-state index in [1.165, 1.54) is 42.5 Å². The third kappa shape index (κ3) is 4.50. The summed E-state index contributed by atoms with van der Waals surface area (Å²) in [7, 11) is 1.21. The first-order chi connectivity index (χ1) is 16.3. The van der Waals surface area contributed by atoms with Gasteiger partial charge in [-0.15, -0.1) is 0 Å². The summed E-state index contributed by atoms with van der Waals surface area (Å²) in [5.41, 5.74) is 0.708. The molecule has 2 aliphatic rings. The topological polar surface area (TPSA) is 72.9 Å². The summed E-state index contributed by atoms with van der Waals surface area (Å²) in [5, 5.41) is 0. The van der Waals surface area contributed by atoms with Gasteiger partial charge in [-0.25, -0.2) is 18.0 Å². The van der Waals surface area contributed by atoms with E-state index in [0.717, 1.165) is 12.1 Å². The van der Waals surface area contributed by atoms with Gasteiger partial charge in [0.05, 0.1) is 12.7 Å². The molecule has 6 nitrogen and oxygen atoms in total. The fourth-order valence-electron chi connectivity index (χ4n) is 3.75. The van der Waals surface area contributed by atoms with E-state index in [0.29, 0.717) is 5.57 Å². The number of methoxy groups -OCH3 is 1. The lowest BCUT2D eigenvalue weighted by Gasteiger charge is -2.32. The van der Waals surface area contributed by atoms with Crippen LogP contribution in [-0.2, 0) is 19.1 Å². The number of rotatable bonds is 5. The van der Waals surface area contributed by atoms with Crippen molar-refractivity contribution in [3.8, 4) is 0 Å². The van der Waals surface area contributed by atoms with E-state index >= 15 is 0 Å². The number of hydrogen-bond donors (Lipinski definition) is 0. The molecule has 0 radical (unpaired) electrons. The van der Waals surface area contributed by atoms with Crippen LogP contribution in [-0.4, -0.2) is 48.9 Å². The van der Waals surface area contributed by atoms with Crippen molar-refractivity contribution in [1.82, 2.24) is 4.90 Å². The first kappa shape index (κ1) is 23.0. The van der Waals surface area contributed by atoms with E-state index in [2.05, 4.69) is 4.74 Å². The molecular formula is C25H18F3NO5. The highest BCUT2D eigenvalue weighted by molar-refractivity contribution is 6.13. The van der Waals surface area contributed by atoms with Gasteiger partial charge < -0.3 is 14.4 Å². The lowest BCUT2D eigenvalue weighted by molar-refractivity contribution is -0.141. The van der Waals surface area contributed by atoms with Crippen molar-refractivity contribution in [2.24, 2.45) is 0 Å². The van der Waals surface area contributed by atoms with Gasteiger partial charge >= 0.3 is 11.9 Å². The fourth-order valence-corrected chi connectivity index (χ4v) is 3.75. The van der Waals surface area contributed by atoms with Gasteiger partial charge in [0.25, 0.3) is 0 Å². The second-order valence-electron chi connectivity index (χ2n) is 7.59. The van der Waals surface area contributed by atoms with Crippen LogP contribution in [0.2, 0.25) is 0 Å². The predicted molar refractivity (Wildman–Crippen MR) is 115 cm³/mol. The van der Waals surface area contributed by atoms with Crippen molar-refractivity contribution in [1.29, 1.82) is 0 Å². The number of fused-ring (bicyclic) bond motifs is 1. The SMILES string of the molecule is COC(=O)CN1C=C2C=CC(OC(=O)c3ccccc3)C(=O)C2=C(c2cc(F)c(F)c(F)c2)C1. The first-order valence-electron chi connectivity index (χ1n) is 10.2. The Morgan fingerprint density at radius 3 is 2.41 bits per heavy atom. The highest BCUT2D eigenvalue weighted by atomic mass is 19.2. The maximum atomic E-state index is 14.0. The number of carbonyl (C=O) groups is 3. The molecule has 0 spiro atoms. The molecule has 9 heteroatoms. The Bertz CT molecular complexity index is 1240. The van der Waals surface area contributed by atoms with Gasteiger partial charge in [0, 0.05) is 23.9 Å². The van der Waals surface area contributed by atoms with Gasteiger partial charge in [0.1, 0.15) is 6.54 Å². The highest BCUT2D eigenvalue weighted by Crippen LogP contribution is 2.35. The minimum Gasteiger partial charge on any atom is -0.468 e. The van der Waals surface area contributed by atoms with Gasteiger partial charge in [0.15, 0.2) is 23.6 Å². The number of benzene rings is 2. The molecular weight excluding hydrogens is 451 g/mol. The monoisotopic (exact) mass is 469 g/mol. The Hall–Kier alpha value is -4.14. The zero-order valence-electron chi connectivity index (χ0n) is 17.9. The van der Waals surface area contributed by atoms with Crippen molar-refractivity contribution >= 4 is 23.3 Å². The number of nitrogens with zero attached hydrogens (tertiary/aromatic N) is 1. The number of halogens is 3. The lowest BCUT2D eigenvalue weighted by atomic mass is 9.84. The molecule has 0 saturated carbocycles. The molecule has 0 bridgehead atoms. The molecule has 2 aromatic carbocycles. The molecule has 0 aromatic heterocycles. The normalized spacial score (nSPS) is 17.3. The molecule has 2 aromatic rings. The minimum absolute atomic E-state index is 0.0554. The molecule has 1 atom stereocenters. The number of ketones is 1. The van der Waals surface area contributed by atoms with Crippen LogP contribution < -0.4 is 0 Å². The molecule has 174 valence electrons. The van der Waals surface area contributed by atoms with Crippen molar-refractivity contribution < 1.29 is 37.0 Å². The van der Waals surface area contributed by atoms with Crippen LogP contribution in [0.5, 0.6) is 0 Å². The fraction of sp³-hybridized carbons (Fsp3) is 0.160.